The van der Waals surface area contributed by atoms with Gasteiger partial charge >= 0.3 is 0 Å². The highest BCUT2D eigenvalue weighted by Gasteiger charge is 2.24. The number of aromatic nitrogens is 2. The van der Waals surface area contributed by atoms with Crippen molar-refractivity contribution in [1.29, 1.82) is 0 Å². The number of hydrogen-bond donors (Lipinski definition) is 1. The summed E-state index contributed by atoms with van der Waals surface area (Å²) in [6.07, 6.45) is 4.62. The Balaban J connectivity index is 1.34. The maximum absolute atomic E-state index is 13.8. The van der Waals surface area contributed by atoms with Crippen LogP contribution in [0.4, 0.5) is 4.39 Å². The van der Waals surface area contributed by atoms with Crippen molar-refractivity contribution in [2.45, 2.75) is 30.9 Å². The van der Waals surface area contributed by atoms with E-state index in [4.69, 9.17) is 4.74 Å². The van der Waals surface area contributed by atoms with Crippen LogP contribution in [0.5, 0.6) is 5.75 Å². The Morgan fingerprint density at radius 2 is 2.12 bits per heavy atom. The minimum atomic E-state index is -0.295. The number of hydrogen-bond acceptors (Lipinski definition) is 4. The van der Waals surface area contributed by atoms with Gasteiger partial charge in [-0.15, -0.1) is 11.8 Å². The lowest BCUT2D eigenvalue weighted by atomic mass is 10.0. The van der Waals surface area contributed by atoms with Gasteiger partial charge in [0.1, 0.15) is 23.8 Å². The topological polar surface area (TPSA) is 55.6 Å². The summed E-state index contributed by atoms with van der Waals surface area (Å²) in [5, 5.41) is 3.07. The van der Waals surface area contributed by atoms with E-state index in [2.05, 4.69) is 10.3 Å². The molecule has 7 heteroatoms. The van der Waals surface area contributed by atoms with E-state index in [0.29, 0.717) is 11.3 Å². The minimum absolute atomic E-state index is 0.232. The second-order valence-electron chi connectivity index (χ2n) is 7.78. The first-order chi connectivity index (χ1) is 15.6. The molecule has 32 heavy (non-hydrogen) atoms. The second-order valence-corrected chi connectivity index (χ2v) is 8.92. The number of nitrogens with one attached hydrogen (secondary N) is 1. The Hall–Kier alpha value is -3.32. The van der Waals surface area contributed by atoms with Gasteiger partial charge in [0.2, 0.25) is 0 Å². The van der Waals surface area contributed by atoms with Crippen molar-refractivity contribution in [2.75, 3.05) is 5.75 Å². The first-order valence-electron chi connectivity index (χ1n) is 10.5. The van der Waals surface area contributed by atoms with Crippen LogP contribution in [0.2, 0.25) is 0 Å². The van der Waals surface area contributed by atoms with Crippen LogP contribution >= 0.6 is 11.8 Å². The smallest absolute Gasteiger partial charge is 0.255 e. The molecule has 1 unspecified atom stereocenters. The molecule has 1 N–H and O–H groups in total. The summed E-state index contributed by atoms with van der Waals surface area (Å²) in [5.41, 5.74) is 4.03. The standard InChI is InChI=1S/C25H22FN3O2S/c1-16-5-4-11-29-14-18(27-24(16)29)15-31-22-7-3-2-6-19(22)25(30)28-21-10-12-32-23-9-8-17(26)13-20(21)23/h2-9,11,13-14,21H,10,12,15H2,1H3,(H,28,30). The highest BCUT2D eigenvalue weighted by atomic mass is 32.2. The van der Waals surface area contributed by atoms with Gasteiger partial charge in [-0.1, -0.05) is 18.2 Å². The number of para-hydroxylation sites is 1. The van der Waals surface area contributed by atoms with Crippen LogP contribution in [0.1, 0.15) is 39.6 Å². The van der Waals surface area contributed by atoms with Crippen molar-refractivity contribution in [1.82, 2.24) is 14.7 Å². The quantitative estimate of drug-likeness (QED) is 0.449. The van der Waals surface area contributed by atoms with E-state index < -0.39 is 0 Å². The molecule has 0 bridgehead atoms. The molecule has 1 aliphatic heterocycles. The molecule has 0 fully saturated rings. The normalized spacial score (nSPS) is 15.4. The third-order valence-corrected chi connectivity index (χ3v) is 6.67. The van der Waals surface area contributed by atoms with Crippen molar-refractivity contribution in [3.8, 4) is 5.75 Å². The van der Waals surface area contributed by atoms with E-state index in [0.717, 1.165) is 39.5 Å². The number of aryl methyl sites for hydroxylation is 1. The number of imidazole rings is 1. The van der Waals surface area contributed by atoms with Gasteiger partial charge in [0.05, 0.1) is 17.3 Å². The van der Waals surface area contributed by atoms with Crippen LogP contribution in [0, 0.1) is 12.7 Å². The second kappa shape index (κ2) is 8.67. The zero-order chi connectivity index (χ0) is 22.1. The molecular weight excluding hydrogens is 425 g/mol. The van der Waals surface area contributed by atoms with Gasteiger partial charge in [0.25, 0.3) is 5.91 Å². The summed E-state index contributed by atoms with van der Waals surface area (Å²) in [4.78, 5) is 18.8. The molecular formula is C25H22FN3O2S. The molecule has 2 aromatic heterocycles. The average molecular weight is 448 g/mol. The van der Waals surface area contributed by atoms with E-state index in [1.54, 1.807) is 36.0 Å². The molecule has 1 aliphatic rings. The number of amides is 1. The van der Waals surface area contributed by atoms with Gasteiger partial charge in [-0.2, -0.15) is 0 Å². The molecule has 162 valence electrons. The zero-order valence-corrected chi connectivity index (χ0v) is 18.4. The van der Waals surface area contributed by atoms with Gasteiger partial charge in [-0.25, -0.2) is 9.37 Å². The molecule has 0 radical (unpaired) electrons. The molecule has 0 spiro atoms. The molecule has 5 rings (SSSR count). The Morgan fingerprint density at radius 1 is 1.25 bits per heavy atom. The molecule has 5 nitrogen and oxygen atoms in total. The van der Waals surface area contributed by atoms with Crippen molar-refractivity contribution in [2.24, 2.45) is 0 Å². The third-order valence-electron chi connectivity index (χ3n) is 5.55. The number of thioether (sulfide) groups is 1. The van der Waals surface area contributed by atoms with Crippen LogP contribution in [-0.4, -0.2) is 21.0 Å². The van der Waals surface area contributed by atoms with Gasteiger partial charge in [0, 0.05) is 23.0 Å². The van der Waals surface area contributed by atoms with Crippen molar-refractivity contribution in [3.63, 3.8) is 0 Å². The molecule has 0 saturated heterocycles. The van der Waals surface area contributed by atoms with Crippen LogP contribution in [0.3, 0.4) is 0 Å². The largest absolute Gasteiger partial charge is 0.486 e. The molecule has 2 aromatic carbocycles. The summed E-state index contributed by atoms with van der Waals surface area (Å²) in [7, 11) is 0. The number of rotatable bonds is 5. The summed E-state index contributed by atoms with van der Waals surface area (Å²) >= 11 is 1.68. The fourth-order valence-corrected chi connectivity index (χ4v) is 5.06. The highest BCUT2D eigenvalue weighted by molar-refractivity contribution is 7.99. The SMILES string of the molecule is Cc1cccn2cc(COc3ccccc3C(=O)NC3CCSc4ccc(F)cc43)nc12. The number of nitrogens with zero attached hydrogens (tertiary/aromatic N) is 2. The fourth-order valence-electron chi connectivity index (χ4n) is 3.96. The number of fused-ring (bicyclic) bond motifs is 2. The molecule has 0 aliphatic carbocycles. The van der Waals surface area contributed by atoms with Crippen molar-refractivity contribution >= 4 is 23.3 Å². The fraction of sp³-hybridized carbons (Fsp3) is 0.200. The molecule has 4 aromatic rings. The predicted octanol–water partition coefficient (Wildman–Crippen LogP) is 5.33. The Kier molecular flexibility index (Phi) is 5.57. The minimum Gasteiger partial charge on any atom is -0.486 e. The number of ether oxygens (including phenoxy) is 1. The van der Waals surface area contributed by atoms with Gasteiger partial charge in [-0.05, 0) is 60.9 Å². The summed E-state index contributed by atoms with van der Waals surface area (Å²) in [6.45, 7) is 2.26. The van der Waals surface area contributed by atoms with Crippen molar-refractivity contribution in [3.05, 3.63) is 95.2 Å². The van der Waals surface area contributed by atoms with Crippen LogP contribution in [0.15, 0.2) is 71.9 Å². The zero-order valence-electron chi connectivity index (χ0n) is 17.5. The predicted molar refractivity (Wildman–Crippen MR) is 123 cm³/mol. The lowest BCUT2D eigenvalue weighted by Gasteiger charge is -2.26. The maximum Gasteiger partial charge on any atom is 0.255 e. The molecule has 1 atom stereocenters. The van der Waals surface area contributed by atoms with Crippen molar-refractivity contribution < 1.29 is 13.9 Å². The number of halogens is 1. The van der Waals surface area contributed by atoms with E-state index in [-0.39, 0.29) is 24.4 Å². The van der Waals surface area contributed by atoms with E-state index in [1.807, 2.05) is 41.9 Å². The van der Waals surface area contributed by atoms with Gasteiger partial charge < -0.3 is 14.5 Å². The third kappa shape index (κ3) is 4.08. The first-order valence-corrected chi connectivity index (χ1v) is 11.5. The Morgan fingerprint density at radius 3 is 3.00 bits per heavy atom. The molecule has 3 heterocycles. The lowest BCUT2D eigenvalue weighted by Crippen LogP contribution is -2.31. The average Bonchev–Trinajstić information content (AvgIpc) is 3.23. The Bertz CT molecular complexity index is 1300. The Labute approximate surface area is 189 Å². The molecule has 0 saturated carbocycles. The number of pyridine rings is 1. The van der Waals surface area contributed by atoms with E-state index in [9.17, 15) is 9.18 Å². The summed E-state index contributed by atoms with van der Waals surface area (Å²) < 4.78 is 21.8. The summed E-state index contributed by atoms with van der Waals surface area (Å²) in [6, 6.07) is 15.7. The summed E-state index contributed by atoms with van der Waals surface area (Å²) in [5.74, 6) is 0.827. The monoisotopic (exact) mass is 447 g/mol. The van der Waals surface area contributed by atoms with Gasteiger partial charge in [0.15, 0.2) is 0 Å². The van der Waals surface area contributed by atoms with Crippen LogP contribution in [0.25, 0.3) is 5.65 Å². The number of carbonyl (C=O) groups excluding carboxylic acids is 1. The number of benzene rings is 2. The molecule has 1 amide bonds. The van der Waals surface area contributed by atoms with Crippen LogP contribution < -0.4 is 10.1 Å². The lowest BCUT2D eigenvalue weighted by molar-refractivity contribution is 0.0930. The first kappa shape index (κ1) is 20.6. The number of carbonyl (C=O) groups is 1. The van der Waals surface area contributed by atoms with Crippen LogP contribution in [-0.2, 0) is 6.61 Å². The maximum atomic E-state index is 13.8. The van der Waals surface area contributed by atoms with E-state index >= 15 is 0 Å². The van der Waals surface area contributed by atoms with Gasteiger partial charge in [-0.3, -0.25) is 4.79 Å². The highest BCUT2D eigenvalue weighted by Crippen LogP contribution is 2.36. The van der Waals surface area contributed by atoms with E-state index in [1.165, 1.54) is 12.1 Å².